The van der Waals surface area contributed by atoms with Crippen LogP contribution in [-0.4, -0.2) is 30.3 Å². The molecule has 5 aromatic rings. The van der Waals surface area contributed by atoms with Gasteiger partial charge in [0, 0.05) is 34.9 Å². The van der Waals surface area contributed by atoms with Crippen molar-refractivity contribution in [2.24, 2.45) is 0 Å². The third-order valence-corrected chi connectivity index (χ3v) is 7.69. The highest BCUT2D eigenvalue weighted by atomic mass is 16.5. The van der Waals surface area contributed by atoms with Gasteiger partial charge in [-0.2, -0.15) is 0 Å². The van der Waals surface area contributed by atoms with E-state index < -0.39 is 6.10 Å². The summed E-state index contributed by atoms with van der Waals surface area (Å²) in [5.74, 6) is 1.33. The molecule has 0 fully saturated rings. The molecule has 0 aliphatic rings. The number of fused-ring (bicyclic) bond motifs is 1. The smallest absolute Gasteiger partial charge is 0.248 e. The van der Waals surface area contributed by atoms with Crippen LogP contribution >= 0.6 is 0 Å². The Kier molecular flexibility index (Phi) is 10.8. The molecular weight excluding hydrogens is 574 g/mol. The molecule has 0 spiro atoms. The molecule has 0 saturated carbocycles. The average molecular weight is 614 g/mol. The summed E-state index contributed by atoms with van der Waals surface area (Å²) in [4.78, 5) is 15.0. The number of benzene rings is 4. The highest BCUT2D eigenvalue weighted by Gasteiger charge is 2.15. The first-order valence-corrected chi connectivity index (χ1v) is 15.2. The summed E-state index contributed by atoms with van der Waals surface area (Å²) in [5.41, 5.74) is 7.04. The maximum Gasteiger partial charge on any atom is 0.248 e. The van der Waals surface area contributed by atoms with Gasteiger partial charge in [-0.1, -0.05) is 79.9 Å². The molecule has 1 heterocycles. The third-order valence-electron chi connectivity index (χ3n) is 7.69. The number of allylic oxidation sites excluding steroid dienone is 4. The zero-order valence-corrected chi connectivity index (χ0v) is 26.0. The molecule has 7 heteroatoms. The molecule has 0 saturated heterocycles. The summed E-state index contributed by atoms with van der Waals surface area (Å²) >= 11 is 0. The number of aliphatic hydroxyl groups is 1. The Labute approximate surface area is 269 Å². The van der Waals surface area contributed by atoms with Gasteiger partial charge in [-0.25, -0.2) is 0 Å². The number of hydrogen-bond donors (Lipinski definition) is 4. The summed E-state index contributed by atoms with van der Waals surface area (Å²) in [6.45, 7) is 9.14. The van der Waals surface area contributed by atoms with Crippen LogP contribution in [0.15, 0.2) is 133 Å². The minimum Gasteiger partial charge on any atom is -0.496 e. The number of H-pyrrole nitrogens is 1. The van der Waals surface area contributed by atoms with Crippen LogP contribution in [0.25, 0.3) is 16.5 Å². The van der Waals surface area contributed by atoms with Crippen LogP contribution in [0.4, 0.5) is 11.4 Å². The van der Waals surface area contributed by atoms with E-state index in [0.29, 0.717) is 31.0 Å². The molecule has 0 aliphatic carbocycles. The van der Waals surface area contributed by atoms with Crippen molar-refractivity contribution in [3.8, 4) is 11.5 Å². The number of aromatic nitrogens is 1. The van der Waals surface area contributed by atoms with Crippen LogP contribution in [-0.2, 0) is 13.0 Å². The Hall–Kier alpha value is -5.37. The van der Waals surface area contributed by atoms with E-state index in [0.717, 1.165) is 51.2 Å². The Bertz CT molecular complexity index is 1880. The van der Waals surface area contributed by atoms with Gasteiger partial charge in [0.15, 0.2) is 0 Å². The summed E-state index contributed by atoms with van der Waals surface area (Å²) in [5, 5.41) is 18.6. The van der Waals surface area contributed by atoms with Crippen molar-refractivity contribution in [2.45, 2.75) is 19.1 Å². The molecule has 0 radical (unpaired) electrons. The van der Waals surface area contributed by atoms with Crippen molar-refractivity contribution >= 4 is 27.9 Å². The van der Waals surface area contributed by atoms with Crippen molar-refractivity contribution in [2.75, 3.05) is 25.5 Å². The lowest BCUT2D eigenvalue weighted by Crippen LogP contribution is -2.24. The topological polar surface area (TPSA) is 95.6 Å². The number of aromatic amines is 1. The number of nitrogens with one attached hydrogen (secondary N) is 3. The zero-order chi connectivity index (χ0) is 32.3. The van der Waals surface area contributed by atoms with E-state index >= 15 is 0 Å². The van der Waals surface area contributed by atoms with Crippen LogP contribution in [0, 0.1) is 0 Å². The molecule has 234 valence electrons. The van der Waals surface area contributed by atoms with Gasteiger partial charge in [0.2, 0.25) is 5.56 Å². The van der Waals surface area contributed by atoms with E-state index in [1.165, 1.54) is 11.6 Å². The number of anilines is 2. The number of rotatable bonds is 15. The Morgan fingerprint density at radius 1 is 0.913 bits per heavy atom. The van der Waals surface area contributed by atoms with E-state index in [1.807, 2.05) is 60.7 Å². The average Bonchev–Trinajstić information content (AvgIpc) is 3.09. The molecule has 4 N–H and O–H groups in total. The lowest BCUT2D eigenvalue weighted by molar-refractivity contribution is 0.176. The molecule has 1 atom stereocenters. The molecule has 4 aromatic carbocycles. The van der Waals surface area contributed by atoms with Crippen molar-refractivity contribution in [1.82, 2.24) is 10.3 Å². The van der Waals surface area contributed by atoms with Crippen LogP contribution in [0.5, 0.6) is 11.5 Å². The predicted octanol–water partition coefficient (Wildman–Crippen LogP) is 7.48. The predicted molar refractivity (Wildman–Crippen MR) is 188 cm³/mol. The molecule has 0 aliphatic heterocycles. The van der Waals surface area contributed by atoms with Crippen molar-refractivity contribution in [3.63, 3.8) is 0 Å². The monoisotopic (exact) mass is 613 g/mol. The highest BCUT2D eigenvalue weighted by molar-refractivity contribution is 5.88. The summed E-state index contributed by atoms with van der Waals surface area (Å²) in [6.07, 6.45) is 5.46. The van der Waals surface area contributed by atoms with Gasteiger partial charge in [0.1, 0.15) is 18.1 Å². The fourth-order valence-corrected chi connectivity index (χ4v) is 5.30. The summed E-state index contributed by atoms with van der Waals surface area (Å²) < 4.78 is 11.6. The number of methoxy groups -OCH3 is 1. The second-order valence-corrected chi connectivity index (χ2v) is 10.8. The van der Waals surface area contributed by atoms with Crippen LogP contribution in [0.1, 0.15) is 28.4 Å². The molecule has 0 bridgehead atoms. The van der Waals surface area contributed by atoms with E-state index in [2.05, 4.69) is 53.0 Å². The zero-order valence-electron chi connectivity index (χ0n) is 26.0. The lowest BCUT2D eigenvalue weighted by Gasteiger charge is -2.17. The van der Waals surface area contributed by atoms with Crippen LogP contribution < -0.4 is 25.7 Å². The molecule has 46 heavy (non-hydrogen) atoms. The van der Waals surface area contributed by atoms with Gasteiger partial charge in [-0.15, -0.1) is 0 Å². The number of ether oxygens (including phenoxy) is 2. The van der Waals surface area contributed by atoms with Gasteiger partial charge in [0.25, 0.3) is 0 Å². The Morgan fingerprint density at radius 2 is 1.67 bits per heavy atom. The largest absolute Gasteiger partial charge is 0.496 e. The van der Waals surface area contributed by atoms with Gasteiger partial charge >= 0.3 is 0 Å². The number of aliphatic hydroxyl groups excluding tert-OH is 1. The van der Waals surface area contributed by atoms with Crippen LogP contribution in [0.2, 0.25) is 0 Å². The van der Waals surface area contributed by atoms with E-state index in [1.54, 1.807) is 31.4 Å². The first-order chi connectivity index (χ1) is 22.5. The van der Waals surface area contributed by atoms with Gasteiger partial charge in [0.05, 0.1) is 18.7 Å². The molecule has 1 aromatic heterocycles. The van der Waals surface area contributed by atoms with E-state index in [4.69, 9.17) is 9.47 Å². The minimum absolute atomic E-state index is 0.223. The fourth-order valence-electron chi connectivity index (χ4n) is 5.30. The maximum atomic E-state index is 12.1. The van der Waals surface area contributed by atoms with Gasteiger partial charge in [-0.3, -0.25) is 4.79 Å². The van der Waals surface area contributed by atoms with Gasteiger partial charge < -0.3 is 30.2 Å². The molecule has 0 amide bonds. The van der Waals surface area contributed by atoms with Crippen molar-refractivity contribution in [1.29, 1.82) is 0 Å². The third kappa shape index (κ3) is 8.01. The van der Waals surface area contributed by atoms with E-state index in [-0.39, 0.29) is 5.56 Å². The summed E-state index contributed by atoms with van der Waals surface area (Å²) in [6, 6.07) is 31.0. The molecule has 5 rings (SSSR count). The Balaban J connectivity index is 1.17. The highest BCUT2D eigenvalue weighted by Crippen LogP contribution is 2.32. The van der Waals surface area contributed by atoms with Crippen LogP contribution in [0.3, 0.4) is 0 Å². The molecule has 1 unspecified atom stereocenters. The molecular formula is C39H39N3O4. The first-order valence-electron chi connectivity index (χ1n) is 15.2. The standard InChI is InChI=1S/C39H39N3O4/c1-4-9-29(5-2)34-24-31(16-19-36(34)45-3)41-30-14-12-27(13-15-30)22-23-40-25-35(43)32-17-20-37(39-33(32)18-21-38(44)42-39)46-26-28-10-7-6-8-11-28/h4-21,24,35,40-41,43H,1-2,22-23,25-26H2,3H3,(H,42,44)/b29-9+. The lowest BCUT2D eigenvalue weighted by atomic mass is 10.0. The fraction of sp³-hybridized carbons (Fsp3) is 0.154. The quantitative estimate of drug-likeness (QED) is 0.0723. The first kappa shape index (κ1) is 32.0. The SMILES string of the molecule is C=C/C=C(\C=C)c1cc(Nc2ccc(CCNCC(O)c3ccc(OCc4ccccc4)c4[nH]c(=O)ccc34)cc2)ccc1OC. The summed E-state index contributed by atoms with van der Waals surface area (Å²) in [7, 11) is 1.65. The number of hydrogen-bond acceptors (Lipinski definition) is 6. The van der Waals surface area contributed by atoms with Crippen molar-refractivity contribution < 1.29 is 14.6 Å². The second kappa shape index (κ2) is 15.6. The van der Waals surface area contributed by atoms with E-state index in [9.17, 15) is 9.90 Å². The Morgan fingerprint density at radius 3 is 2.41 bits per heavy atom. The second-order valence-electron chi connectivity index (χ2n) is 10.8. The molecule has 7 nitrogen and oxygen atoms in total. The normalized spacial score (nSPS) is 12.0. The maximum absolute atomic E-state index is 12.1. The van der Waals surface area contributed by atoms with Crippen molar-refractivity contribution in [3.05, 3.63) is 161 Å². The number of pyridine rings is 1. The van der Waals surface area contributed by atoms with Gasteiger partial charge in [-0.05, 0) is 77.7 Å². The minimum atomic E-state index is -0.763.